The van der Waals surface area contributed by atoms with Crippen LogP contribution in [0.15, 0.2) is 85.1 Å². The number of aromatic nitrogens is 1. The fourth-order valence-electron chi connectivity index (χ4n) is 8.25. The molecule has 2 bridgehead atoms. The Morgan fingerprint density at radius 1 is 1.05 bits per heavy atom. The van der Waals surface area contributed by atoms with Crippen molar-refractivity contribution in [2.24, 2.45) is 0 Å². The van der Waals surface area contributed by atoms with Crippen LogP contribution >= 0.6 is 11.6 Å². The zero-order valence-corrected chi connectivity index (χ0v) is 24.6. The van der Waals surface area contributed by atoms with E-state index in [2.05, 4.69) is 78.7 Å². The first-order valence-corrected chi connectivity index (χ1v) is 15.1. The fraction of sp³-hybridized carbons (Fsp3) is 0.306. The topological polar surface area (TPSA) is 43.8 Å². The predicted octanol–water partition coefficient (Wildman–Crippen LogP) is 7.07. The van der Waals surface area contributed by atoms with Gasteiger partial charge < -0.3 is 19.1 Å². The summed E-state index contributed by atoms with van der Waals surface area (Å²) in [7, 11) is 3.98. The highest BCUT2D eigenvalue weighted by Crippen LogP contribution is 2.69. The number of benzene rings is 3. The average Bonchev–Trinajstić information content (AvgIpc) is 3.37. The number of halogens is 1. The molecule has 4 aliphatic rings. The zero-order valence-electron chi connectivity index (χ0n) is 23.8. The molecule has 4 aromatic rings. The molecule has 6 heteroatoms. The number of piperidine rings is 1. The van der Waals surface area contributed by atoms with Crippen LogP contribution in [0.2, 0.25) is 5.02 Å². The van der Waals surface area contributed by atoms with E-state index < -0.39 is 5.60 Å². The Labute approximate surface area is 251 Å². The number of methoxy groups -OCH3 is 1. The number of likely N-dealkylation sites (N-methyl/N-ethyl adjacent to an activating group) is 1. The van der Waals surface area contributed by atoms with Crippen LogP contribution < -0.4 is 9.47 Å². The number of hydrogen-bond donors (Lipinski definition) is 0. The Bertz CT molecular complexity index is 1710. The van der Waals surface area contributed by atoms with E-state index in [9.17, 15) is 0 Å². The van der Waals surface area contributed by atoms with Crippen LogP contribution in [0.5, 0.6) is 11.5 Å². The second kappa shape index (κ2) is 9.70. The summed E-state index contributed by atoms with van der Waals surface area (Å²) >= 11 is 6.20. The minimum absolute atomic E-state index is 0.196. The van der Waals surface area contributed by atoms with Crippen molar-refractivity contribution < 1.29 is 14.2 Å². The molecule has 1 spiro atoms. The summed E-state index contributed by atoms with van der Waals surface area (Å²) in [6.45, 7) is 1.49. The Hall–Kier alpha value is -3.64. The number of rotatable bonds is 6. The first-order valence-electron chi connectivity index (χ1n) is 14.7. The molecule has 0 radical (unpaired) electrons. The quantitative estimate of drug-likeness (QED) is 0.246. The van der Waals surface area contributed by atoms with Crippen molar-refractivity contribution >= 4 is 17.7 Å². The van der Waals surface area contributed by atoms with E-state index in [1.807, 2.05) is 24.4 Å². The highest BCUT2D eigenvalue weighted by molar-refractivity contribution is 6.30. The molecule has 5 nitrogen and oxygen atoms in total. The third-order valence-corrected chi connectivity index (χ3v) is 10.3. The molecule has 2 aliphatic heterocycles. The van der Waals surface area contributed by atoms with E-state index >= 15 is 0 Å². The van der Waals surface area contributed by atoms with Crippen molar-refractivity contribution in [2.75, 3.05) is 27.3 Å². The van der Waals surface area contributed by atoms with E-state index in [1.165, 1.54) is 22.3 Å². The molecule has 8 rings (SSSR count). The van der Waals surface area contributed by atoms with Gasteiger partial charge in [-0.15, -0.1) is 0 Å². The molecule has 3 heterocycles. The molecule has 3 aromatic carbocycles. The van der Waals surface area contributed by atoms with Gasteiger partial charge >= 0.3 is 0 Å². The molecule has 2 aliphatic carbocycles. The maximum absolute atomic E-state index is 7.28. The van der Waals surface area contributed by atoms with Crippen molar-refractivity contribution in [3.05, 3.63) is 118 Å². The van der Waals surface area contributed by atoms with Gasteiger partial charge in [-0.1, -0.05) is 72.3 Å². The SMILES string of the molecule is COc1ccc2c3c1O[C@H]1c4ncc(-c5ccc(Cl)cc5)cc4C[C@@]4(OC/C=C/c5ccccc5)[C@@H](C2)N(C)CC[C@]314. The number of nitrogens with zero attached hydrogens (tertiary/aromatic N) is 2. The van der Waals surface area contributed by atoms with Crippen molar-refractivity contribution in [3.8, 4) is 22.6 Å². The lowest BCUT2D eigenvalue weighted by Crippen LogP contribution is -2.75. The largest absolute Gasteiger partial charge is 0.493 e. The Balaban J connectivity index is 1.30. The van der Waals surface area contributed by atoms with E-state index in [0.29, 0.717) is 6.61 Å². The van der Waals surface area contributed by atoms with Gasteiger partial charge in [0.15, 0.2) is 17.6 Å². The van der Waals surface area contributed by atoms with E-state index in [1.54, 1.807) is 7.11 Å². The molecule has 0 amide bonds. The summed E-state index contributed by atoms with van der Waals surface area (Å²) in [5, 5.41) is 0.725. The molecule has 4 atom stereocenters. The molecule has 42 heavy (non-hydrogen) atoms. The molecule has 1 fully saturated rings. The average molecular weight is 577 g/mol. The molecule has 1 saturated heterocycles. The molecule has 0 saturated carbocycles. The van der Waals surface area contributed by atoms with Crippen LogP contribution in [-0.4, -0.2) is 48.8 Å². The third kappa shape index (κ3) is 3.60. The van der Waals surface area contributed by atoms with Crippen LogP contribution in [0, 0.1) is 0 Å². The van der Waals surface area contributed by atoms with Crippen LogP contribution in [0.3, 0.4) is 0 Å². The van der Waals surface area contributed by atoms with Crippen molar-refractivity contribution in [1.29, 1.82) is 0 Å². The standard InChI is InChI=1S/C36H33ClN2O3/c1-39-17-16-35-31-25-12-15-29(40-2)33(31)42-34(35)32-26(19-27(22-38-32)24-10-13-28(37)14-11-24)21-36(35,30(39)20-25)41-18-6-9-23-7-4-3-5-8-23/h3-15,19,22,30,34H,16-18,20-21H2,1-2H3/b9-6+/t30-,34+,35+,36-/m1/s1. The van der Waals surface area contributed by atoms with Gasteiger partial charge in [0.25, 0.3) is 0 Å². The van der Waals surface area contributed by atoms with Crippen LogP contribution in [0.1, 0.15) is 40.5 Å². The van der Waals surface area contributed by atoms with Crippen molar-refractivity contribution in [2.45, 2.75) is 42.4 Å². The first-order chi connectivity index (χ1) is 20.5. The minimum Gasteiger partial charge on any atom is -0.493 e. The monoisotopic (exact) mass is 576 g/mol. The molecule has 0 N–H and O–H groups in total. The van der Waals surface area contributed by atoms with Gasteiger partial charge in [0.1, 0.15) is 5.60 Å². The summed E-state index contributed by atoms with van der Waals surface area (Å²) in [6.07, 6.45) is 8.64. The van der Waals surface area contributed by atoms with Gasteiger partial charge in [0.05, 0.1) is 24.8 Å². The number of likely N-dealkylation sites (tertiary alicyclic amines) is 1. The van der Waals surface area contributed by atoms with Gasteiger partial charge in [-0.05, 0) is 73.0 Å². The Morgan fingerprint density at radius 2 is 1.88 bits per heavy atom. The third-order valence-electron chi connectivity index (χ3n) is 10.1. The van der Waals surface area contributed by atoms with Gasteiger partial charge in [-0.2, -0.15) is 0 Å². The van der Waals surface area contributed by atoms with Gasteiger partial charge in [0.2, 0.25) is 0 Å². The van der Waals surface area contributed by atoms with Gasteiger partial charge in [-0.25, -0.2) is 0 Å². The lowest BCUT2D eigenvalue weighted by Gasteiger charge is -2.64. The van der Waals surface area contributed by atoms with E-state index in [4.69, 9.17) is 30.8 Å². The summed E-state index contributed by atoms with van der Waals surface area (Å²) in [5.74, 6) is 1.65. The summed E-state index contributed by atoms with van der Waals surface area (Å²) < 4.78 is 20.2. The van der Waals surface area contributed by atoms with Crippen molar-refractivity contribution in [1.82, 2.24) is 9.88 Å². The molecule has 0 unspecified atom stereocenters. The number of pyridine rings is 1. The van der Waals surface area contributed by atoms with E-state index in [0.717, 1.165) is 59.1 Å². The van der Waals surface area contributed by atoms with Gasteiger partial charge in [0, 0.05) is 34.8 Å². The number of hydrogen-bond acceptors (Lipinski definition) is 5. The lowest BCUT2D eigenvalue weighted by molar-refractivity contribution is -0.195. The second-order valence-corrected chi connectivity index (χ2v) is 12.5. The molecule has 1 aromatic heterocycles. The van der Waals surface area contributed by atoms with Crippen molar-refractivity contribution in [3.63, 3.8) is 0 Å². The Morgan fingerprint density at radius 3 is 2.69 bits per heavy atom. The minimum atomic E-state index is -0.496. The molecular weight excluding hydrogens is 544 g/mol. The normalized spacial score (nSPS) is 26.9. The highest BCUT2D eigenvalue weighted by Gasteiger charge is 2.73. The molecular formula is C36H33ClN2O3. The molecule has 212 valence electrons. The fourth-order valence-corrected chi connectivity index (χ4v) is 8.38. The van der Waals surface area contributed by atoms with Crippen LogP contribution in [0.4, 0.5) is 0 Å². The van der Waals surface area contributed by atoms with E-state index in [-0.39, 0.29) is 17.6 Å². The predicted molar refractivity (Wildman–Crippen MR) is 165 cm³/mol. The highest BCUT2D eigenvalue weighted by atomic mass is 35.5. The maximum atomic E-state index is 7.28. The summed E-state index contributed by atoms with van der Waals surface area (Å²) in [6, 6.07) is 25.2. The summed E-state index contributed by atoms with van der Waals surface area (Å²) in [5.41, 5.74) is 7.30. The Kier molecular flexibility index (Phi) is 6.01. The zero-order chi connectivity index (χ0) is 28.5. The number of fused-ring (bicyclic) bond motifs is 2. The van der Waals surface area contributed by atoms with Crippen LogP contribution in [-0.2, 0) is 23.0 Å². The smallest absolute Gasteiger partial charge is 0.166 e. The second-order valence-electron chi connectivity index (χ2n) is 12.0. The first kappa shape index (κ1) is 26.0. The van der Waals surface area contributed by atoms with Gasteiger partial charge in [-0.3, -0.25) is 4.98 Å². The maximum Gasteiger partial charge on any atom is 0.166 e. The van der Waals surface area contributed by atoms with Crippen LogP contribution in [0.25, 0.3) is 17.2 Å². The number of ether oxygens (including phenoxy) is 3. The lowest BCUT2D eigenvalue weighted by atomic mass is 9.48. The summed E-state index contributed by atoms with van der Waals surface area (Å²) in [4.78, 5) is 7.64.